The Balaban J connectivity index is 1.42. The zero-order chi connectivity index (χ0) is 15.2. The molecule has 0 bridgehead atoms. The maximum absolute atomic E-state index is 12.0. The summed E-state index contributed by atoms with van der Waals surface area (Å²) >= 11 is 1.55. The maximum atomic E-state index is 12.0. The quantitative estimate of drug-likeness (QED) is 0.680. The topological polar surface area (TPSA) is 73.0 Å². The fraction of sp³-hybridized carbons (Fsp3) is 0.267. The van der Waals surface area contributed by atoms with Crippen molar-refractivity contribution in [1.82, 2.24) is 20.3 Å². The average Bonchev–Trinajstić information content (AvgIpc) is 3.26. The van der Waals surface area contributed by atoms with E-state index in [1.165, 1.54) is 0 Å². The second kappa shape index (κ2) is 7.04. The smallest absolute Gasteiger partial charge is 0.273 e. The third-order valence-corrected chi connectivity index (χ3v) is 4.05. The SMILES string of the molecule is O=C(NCCCCn1cccn1)c1cc(-c2cccs2)on1. The summed E-state index contributed by atoms with van der Waals surface area (Å²) in [6.07, 6.45) is 5.54. The molecule has 0 fully saturated rings. The van der Waals surface area contributed by atoms with Crippen molar-refractivity contribution in [1.29, 1.82) is 0 Å². The fourth-order valence-electron chi connectivity index (χ4n) is 2.04. The number of hydrogen-bond donors (Lipinski definition) is 1. The van der Waals surface area contributed by atoms with E-state index < -0.39 is 0 Å². The van der Waals surface area contributed by atoms with E-state index in [1.807, 2.05) is 34.5 Å². The molecular weight excluding hydrogens is 300 g/mol. The van der Waals surface area contributed by atoms with Gasteiger partial charge in [-0.05, 0) is 30.4 Å². The molecule has 3 rings (SSSR count). The first-order valence-corrected chi connectivity index (χ1v) is 7.97. The number of nitrogens with zero attached hydrogens (tertiary/aromatic N) is 3. The van der Waals surface area contributed by atoms with Gasteiger partial charge in [0.25, 0.3) is 5.91 Å². The average molecular weight is 316 g/mol. The van der Waals surface area contributed by atoms with Crippen molar-refractivity contribution < 1.29 is 9.32 Å². The number of amides is 1. The van der Waals surface area contributed by atoms with Crippen molar-refractivity contribution in [2.24, 2.45) is 0 Å². The summed E-state index contributed by atoms with van der Waals surface area (Å²) in [7, 11) is 0. The highest BCUT2D eigenvalue weighted by molar-refractivity contribution is 7.13. The Kier molecular flexibility index (Phi) is 4.65. The number of aromatic nitrogens is 3. The van der Waals surface area contributed by atoms with Crippen LogP contribution in [0.15, 0.2) is 46.6 Å². The van der Waals surface area contributed by atoms with Crippen molar-refractivity contribution in [3.8, 4) is 10.6 Å². The van der Waals surface area contributed by atoms with Crippen molar-refractivity contribution in [3.63, 3.8) is 0 Å². The highest BCUT2D eigenvalue weighted by Gasteiger charge is 2.13. The van der Waals surface area contributed by atoms with Crippen LogP contribution in [0.5, 0.6) is 0 Å². The van der Waals surface area contributed by atoms with E-state index in [-0.39, 0.29) is 5.91 Å². The van der Waals surface area contributed by atoms with Crippen molar-refractivity contribution in [2.75, 3.05) is 6.54 Å². The molecule has 0 aliphatic heterocycles. The van der Waals surface area contributed by atoms with E-state index in [0.717, 1.165) is 24.3 Å². The van der Waals surface area contributed by atoms with Gasteiger partial charge in [0, 0.05) is 31.5 Å². The molecule has 0 saturated heterocycles. The molecule has 114 valence electrons. The van der Waals surface area contributed by atoms with Crippen molar-refractivity contribution >= 4 is 17.2 Å². The molecule has 0 atom stereocenters. The van der Waals surface area contributed by atoms with Crippen molar-refractivity contribution in [3.05, 3.63) is 47.7 Å². The number of rotatable bonds is 7. The van der Waals surface area contributed by atoms with Crippen LogP contribution in [0.4, 0.5) is 0 Å². The summed E-state index contributed by atoms with van der Waals surface area (Å²) in [6.45, 7) is 1.47. The van der Waals surface area contributed by atoms with E-state index in [1.54, 1.807) is 23.6 Å². The summed E-state index contributed by atoms with van der Waals surface area (Å²) in [5.41, 5.74) is 0.315. The third-order valence-electron chi connectivity index (χ3n) is 3.17. The van der Waals surface area contributed by atoms with Crippen LogP contribution in [-0.4, -0.2) is 27.4 Å². The normalized spacial score (nSPS) is 10.7. The first kappa shape index (κ1) is 14.5. The molecule has 6 nitrogen and oxygen atoms in total. The second-order valence-corrected chi connectivity index (χ2v) is 5.73. The third kappa shape index (κ3) is 3.62. The van der Waals surface area contributed by atoms with Crippen LogP contribution < -0.4 is 5.32 Å². The van der Waals surface area contributed by atoms with Crippen LogP contribution >= 0.6 is 11.3 Å². The summed E-state index contributed by atoms with van der Waals surface area (Å²) in [6, 6.07) is 7.44. The van der Waals surface area contributed by atoms with Gasteiger partial charge in [-0.1, -0.05) is 11.2 Å². The maximum Gasteiger partial charge on any atom is 0.273 e. The van der Waals surface area contributed by atoms with Gasteiger partial charge in [0.05, 0.1) is 4.88 Å². The van der Waals surface area contributed by atoms with Gasteiger partial charge in [0.1, 0.15) is 0 Å². The van der Waals surface area contributed by atoms with E-state index in [2.05, 4.69) is 15.6 Å². The monoisotopic (exact) mass is 316 g/mol. The Morgan fingerprint density at radius 2 is 2.32 bits per heavy atom. The van der Waals surface area contributed by atoms with Crippen LogP contribution in [0.3, 0.4) is 0 Å². The van der Waals surface area contributed by atoms with Crippen LogP contribution in [0.1, 0.15) is 23.3 Å². The molecule has 0 aromatic carbocycles. The van der Waals surface area contributed by atoms with Crippen LogP contribution in [0.2, 0.25) is 0 Å². The number of aryl methyl sites for hydroxylation is 1. The molecule has 0 spiro atoms. The molecule has 7 heteroatoms. The van der Waals surface area contributed by atoms with Gasteiger partial charge < -0.3 is 9.84 Å². The van der Waals surface area contributed by atoms with Gasteiger partial charge in [-0.15, -0.1) is 11.3 Å². The molecule has 0 radical (unpaired) electrons. The number of unbranched alkanes of at least 4 members (excludes halogenated alkanes) is 1. The minimum Gasteiger partial charge on any atom is -0.355 e. The lowest BCUT2D eigenvalue weighted by atomic mass is 10.3. The van der Waals surface area contributed by atoms with E-state index in [9.17, 15) is 4.79 Å². The standard InChI is InChI=1S/C15H16N4O2S/c20-15(16-6-1-2-8-19-9-4-7-17-19)12-11-13(21-18-12)14-5-3-10-22-14/h3-5,7,9-11H,1-2,6,8H2,(H,16,20). The summed E-state index contributed by atoms with van der Waals surface area (Å²) in [5, 5.41) is 12.8. The van der Waals surface area contributed by atoms with Gasteiger partial charge in [0.2, 0.25) is 0 Å². The van der Waals surface area contributed by atoms with Gasteiger partial charge in [-0.25, -0.2) is 0 Å². The first-order chi connectivity index (χ1) is 10.8. The number of nitrogens with one attached hydrogen (secondary N) is 1. The highest BCUT2D eigenvalue weighted by atomic mass is 32.1. The lowest BCUT2D eigenvalue weighted by molar-refractivity contribution is 0.0944. The molecule has 0 saturated carbocycles. The van der Waals surface area contributed by atoms with E-state index >= 15 is 0 Å². The highest BCUT2D eigenvalue weighted by Crippen LogP contribution is 2.24. The molecule has 3 aromatic rings. The lowest BCUT2D eigenvalue weighted by Gasteiger charge is -2.03. The molecule has 0 unspecified atom stereocenters. The van der Waals surface area contributed by atoms with E-state index in [4.69, 9.17) is 4.52 Å². The Morgan fingerprint density at radius 3 is 3.09 bits per heavy atom. The molecule has 1 N–H and O–H groups in total. The summed E-state index contributed by atoms with van der Waals surface area (Å²) < 4.78 is 7.08. The van der Waals surface area contributed by atoms with Gasteiger partial charge in [-0.2, -0.15) is 5.10 Å². The number of hydrogen-bond acceptors (Lipinski definition) is 5. The van der Waals surface area contributed by atoms with Crippen LogP contribution in [-0.2, 0) is 6.54 Å². The number of thiophene rings is 1. The van der Waals surface area contributed by atoms with E-state index in [0.29, 0.717) is 18.0 Å². The largest absolute Gasteiger partial charge is 0.355 e. The Labute approximate surface area is 131 Å². The molecule has 0 aliphatic rings. The molecular formula is C15H16N4O2S. The predicted molar refractivity (Wildman–Crippen MR) is 83.6 cm³/mol. The van der Waals surface area contributed by atoms with Gasteiger partial charge in [-0.3, -0.25) is 9.48 Å². The van der Waals surface area contributed by atoms with Gasteiger partial charge >= 0.3 is 0 Å². The van der Waals surface area contributed by atoms with Crippen LogP contribution in [0, 0.1) is 0 Å². The number of carbonyl (C=O) groups is 1. The zero-order valence-corrected chi connectivity index (χ0v) is 12.8. The predicted octanol–water partition coefficient (Wildman–Crippen LogP) is 2.81. The Hall–Kier alpha value is -2.41. The molecule has 22 heavy (non-hydrogen) atoms. The first-order valence-electron chi connectivity index (χ1n) is 7.09. The minimum absolute atomic E-state index is 0.203. The van der Waals surface area contributed by atoms with Crippen molar-refractivity contribution in [2.45, 2.75) is 19.4 Å². The Bertz CT molecular complexity index is 704. The second-order valence-electron chi connectivity index (χ2n) is 4.79. The minimum atomic E-state index is -0.203. The molecule has 1 amide bonds. The lowest BCUT2D eigenvalue weighted by Crippen LogP contribution is -2.24. The fourth-order valence-corrected chi connectivity index (χ4v) is 2.71. The molecule has 3 heterocycles. The summed E-state index contributed by atoms with van der Waals surface area (Å²) in [5.74, 6) is 0.421. The van der Waals surface area contributed by atoms with Gasteiger partial charge in [0.15, 0.2) is 11.5 Å². The zero-order valence-electron chi connectivity index (χ0n) is 11.9. The van der Waals surface area contributed by atoms with Crippen LogP contribution in [0.25, 0.3) is 10.6 Å². The molecule has 3 aromatic heterocycles. The molecule has 0 aliphatic carbocycles. The number of carbonyl (C=O) groups excluding carboxylic acids is 1. The summed E-state index contributed by atoms with van der Waals surface area (Å²) in [4.78, 5) is 12.9. The Morgan fingerprint density at radius 1 is 1.36 bits per heavy atom.